The van der Waals surface area contributed by atoms with Crippen molar-refractivity contribution < 1.29 is 26.9 Å². The number of rotatable bonds is 9. The number of halogens is 2. The van der Waals surface area contributed by atoms with Gasteiger partial charge in [0.2, 0.25) is 0 Å². The number of hydrogen-bond acceptors (Lipinski definition) is 5. The molecule has 31 heavy (non-hydrogen) atoms. The standard InChI is InChI=1S/C23H30F2NO4P/c1-22(2,3)26-18-23(24,25)14-21(26)17-30-31(27,28-15-19-10-6-4-7-11-19)29-16-20-12-8-5-9-13-20/h4-13,21H,14-18H2,1-3H3. The zero-order valence-corrected chi connectivity index (χ0v) is 19.1. The Hall–Kier alpha value is -1.63. The number of benzene rings is 2. The van der Waals surface area contributed by atoms with Crippen LogP contribution in [0.25, 0.3) is 0 Å². The molecular formula is C23H30F2NO4P. The van der Waals surface area contributed by atoms with E-state index in [9.17, 15) is 13.3 Å². The molecule has 1 heterocycles. The van der Waals surface area contributed by atoms with Crippen LogP contribution >= 0.6 is 7.82 Å². The lowest BCUT2D eigenvalue weighted by molar-refractivity contribution is 0.000993. The summed E-state index contributed by atoms with van der Waals surface area (Å²) in [7, 11) is -3.99. The Balaban J connectivity index is 1.69. The lowest BCUT2D eigenvalue weighted by Gasteiger charge is -2.36. The van der Waals surface area contributed by atoms with Crippen molar-refractivity contribution in [3.8, 4) is 0 Å². The highest BCUT2D eigenvalue weighted by atomic mass is 31.2. The summed E-state index contributed by atoms with van der Waals surface area (Å²) in [5.41, 5.74) is 1.13. The maximum absolute atomic E-state index is 14.1. The second-order valence-corrected chi connectivity index (χ2v) is 10.4. The number of phosphoric acid groups is 1. The molecule has 170 valence electrons. The van der Waals surface area contributed by atoms with Gasteiger partial charge in [-0.05, 0) is 31.9 Å². The molecule has 1 aliphatic rings. The van der Waals surface area contributed by atoms with Crippen LogP contribution in [0, 0.1) is 0 Å². The molecule has 1 unspecified atom stereocenters. The first kappa shape index (κ1) is 24.0. The third-order valence-electron chi connectivity index (χ3n) is 5.13. The van der Waals surface area contributed by atoms with E-state index in [0.29, 0.717) is 0 Å². The monoisotopic (exact) mass is 453 g/mol. The molecule has 8 heteroatoms. The van der Waals surface area contributed by atoms with E-state index in [4.69, 9.17) is 13.6 Å². The minimum absolute atomic E-state index is 0.0245. The third-order valence-corrected chi connectivity index (χ3v) is 6.48. The van der Waals surface area contributed by atoms with Crippen LogP contribution in [0.2, 0.25) is 0 Å². The summed E-state index contributed by atoms with van der Waals surface area (Å²) in [5, 5.41) is 0. The molecule has 5 nitrogen and oxygen atoms in total. The summed E-state index contributed by atoms with van der Waals surface area (Å²) in [6.07, 6.45) is -0.359. The quantitative estimate of drug-likeness (QED) is 0.433. The van der Waals surface area contributed by atoms with E-state index in [2.05, 4.69) is 0 Å². The van der Waals surface area contributed by atoms with Crippen LogP contribution in [0.15, 0.2) is 60.7 Å². The minimum atomic E-state index is -3.99. The molecule has 0 radical (unpaired) electrons. The molecular weight excluding hydrogens is 423 g/mol. The zero-order chi connectivity index (χ0) is 22.5. The first-order chi connectivity index (χ1) is 14.6. The minimum Gasteiger partial charge on any atom is -0.287 e. The number of likely N-dealkylation sites (tertiary alicyclic amines) is 1. The van der Waals surface area contributed by atoms with Crippen molar-refractivity contribution in [3.05, 3.63) is 71.8 Å². The van der Waals surface area contributed by atoms with Crippen molar-refractivity contribution in [3.63, 3.8) is 0 Å². The highest BCUT2D eigenvalue weighted by molar-refractivity contribution is 7.48. The normalized spacial score (nSPS) is 19.6. The van der Waals surface area contributed by atoms with E-state index < -0.39 is 25.3 Å². The van der Waals surface area contributed by atoms with Crippen molar-refractivity contribution in [1.82, 2.24) is 4.90 Å². The molecule has 2 aromatic rings. The van der Waals surface area contributed by atoms with Gasteiger partial charge in [-0.25, -0.2) is 13.3 Å². The highest BCUT2D eigenvalue weighted by Crippen LogP contribution is 2.52. The van der Waals surface area contributed by atoms with Gasteiger partial charge in [0, 0.05) is 18.0 Å². The summed E-state index contributed by atoms with van der Waals surface area (Å²) in [4.78, 5) is 1.69. The molecule has 0 N–H and O–H groups in total. The molecule has 2 aromatic carbocycles. The summed E-state index contributed by atoms with van der Waals surface area (Å²) < 4.78 is 58.3. The zero-order valence-electron chi connectivity index (χ0n) is 18.2. The van der Waals surface area contributed by atoms with Gasteiger partial charge in [-0.3, -0.25) is 18.5 Å². The van der Waals surface area contributed by atoms with E-state index in [-0.39, 0.29) is 32.8 Å². The van der Waals surface area contributed by atoms with Gasteiger partial charge in [-0.1, -0.05) is 60.7 Å². The molecule has 0 bridgehead atoms. The number of hydrogen-bond donors (Lipinski definition) is 0. The van der Waals surface area contributed by atoms with E-state index in [1.165, 1.54) is 0 Å². The van der Waals surface area contributed by atoms with Gasteiger partial charge in [0.05, 0.1) is 26.4 Å². The van der Waals surface area contributed by atoms with Gasteiger partial charge in [-0.15, -0.1) is 0 Å². The Labute approximate surface area is 182 Å². The second kappa shape index (κ2) is 9.88. The van der Waals surface area contributed by atoms with Crippen molar-refractivity contribution in [2.24, 2.45) is 0 Å². The van der Waals surface area contributed by atoms with Crippen molar-refractivity contribution in [1.29, 1.82) is 0 Å². The Bertz CT molecular complexity index is 827. The van der Waals surface area contributed by atoms with Crippen LogP contribution in [-0.2, 0) is 31.4 Å². The first-order valence-corrected chi connectivity index (χ1v) is 11.8. The number of alkyl halides is 2. The lowest BCUT2D eigenvalue weighted by atomic mass is 10.1. The van der Waals surface area contributed by atoms with Gasteiger partial charge in [0.15, 0.2) is 0 Å². The Morgan fingerprint density at radius 1 is 0.935 bits per heavy atom. The fourth-order valence-corrected chi connectivity index (χ4v) is 4.77. The predicted octanol–water partition coefficient (Wildman–Crippen LogP) is 6.05. The third kappa shape index (κ3) is 7.19. The SMILES string of the molecule is CC(C)(C)N1CC(F)(F)CC1COP(=O)(OCc1ccccc1)OCc1ccccc1. The van der Waals surface area contributed by atoms with Crippen LogP contribution in [0.1, 0.15) is 38.3 Å². The molecule has 1 aliphatic heterocycles. The van der Waals surface area contributed by atoms with Crippen LogP contribution < -0.4 is 0 Å². The molecule has 0 spiro atoms. The molecule has 0 amide bonds. The van der Waals surface area contributed by atoms with Gasteiger partial charge in [-0.2, -0.15) is 0 Å². The average molecular weight is 453 g/mol. The number of nitrogens with zero attached hydrogens (tertiary/aromatic N) is 1. The van der Waals surface area contributed by atoms with E-state index in [1.807, 2.05) is 81.4 Å². The Morgan fingerprint density at radius 3 is 1.87 bits per heavy atom. The van der Waals surface area contributed by atoms with E-state index in [0.717, 1.165) is 11.1 Å². The van der Waals surface area contributed by atoms with Gasteiger partial charge < -0.3 is 0 Å². The molecule has 0 aliphatic carbocycles. The predicted molar refractivity (Wildman–Crippen MR) is 116 cm³/mol. The van der Waals surface area contributed by atoms with Gasteiger partial charge in [0.25, 0.3) is 5.92 Å². The summed E-state index contributed by atoms with van der Waals surface area (Å²) >= 11 is 0. The van der Waals surface area contributed by atoms with Crippen molar-refractivity contribution in [2.45, 2.75) is 57.9 Å². The largest absolute Gasteiger partial charge is 0.475 e. The topological polar surface area (TPSA) is 48.0 Å². The van der Waals surface area contributed by atoms with Crippen LogP contribution in [-0.4, -0.2) is 35.6 Å². The molecule has 3 rings (SSSR count). The first-order valence-electron chi connectivity index (χ1n) is 10.3. The summed E-state index contributed by atoms with van der Waals surface area (Å²) in [6.45, 7) is 5.14. The Morgan fingerprint density at radius 2 is 1.42 bits per heavy atom. The van der Waals surface area contributed by atoms with Crippen molar-refractivity contribution >= 4 is 7.82 Å². The van der Waals surface area contributed by atoms with Crippen LogP contribution in [0.4, 0.5) is 8.78 Å². The molecule has 1 fully saturated rings. The summed E-state index contributed by atoms with van der Waals surface area (Å²) in [6, 6.07) is 17.9. The molecule has 0 saturated carbocycles. The fraction of sp³-hybridized carbons (Fsp3) is 0.478. The van der Waals surface area contributed by atoms with Crippen LogP contribution in [0.5, 0.6) is 0 Å². The van der Waals surface area contributed by atoms with Crippen molar-refractivity contribution in [2.75, 3.05) is 13.2 Å². The van der Waals surface area contributed by atoms with E-state index in [1.54, 1.807) is 4.90 Å². The smallest absolute Gasteiger partial charge is 0.287 e. The van der Waals surface area contributed by atoms with Crippen LogP contribution in [0.3, 0.4) is 0 Å². The maximum atomic E-state index is 14.1. The van der Waals surface area contributed by atoms with E-state index >= 15 is 0 Å². The molecule has 0 aromatic heterocycles. The Kier molecular flexibility index (Phi) is 7.66. The number of phosphoric ester groups is 1. The molecule has 1 saturated heterocycles. The molecule has 1 atom stereocenters. The fourth-order valence-electron chi connectivity index (χ4n) is 3.58. The average Bonchev–Trinajstić information content (AvgIpc) is 3.06. The summed E-state index contributed by atoms with van der Waals surface area (Å²) in [5.74, 6) is -2.82. The highest BCUT2D eigenvalue weighted by Gasteiger charge is 2.49. The maximum Gasteiger partial charge on any atom is 0.475 e. The lowest BCUT2D eigenvalue weighted by Crippen LogP contribution is -2.46. The van der Waals surface area contributed by atoms with Gasteiger partial charge in [0.1, 0.15) is 0 Å². The van der Waals surface area contributed by atoms with Gasteiger partial charge >= 0.3 is 7.82 Å². The second-order valence-electron chi connectivity index (χ2n) is 8.77.